The van der Waals surface area contributed by atoms with Crippen molar-refractivity contribution in [2.45, 2.75) is 58.1 Å². The van der Waals surface area contributed by atoms with Gasteiger partial charge in [0.05, 0.1) is 0 Å². The highest BCUT2D eigenvalue weighted by Gasteiger charge is 2.34. The molecular weight excluding hydrogens is 326 g/mol. The van der Waals surface area contributed by atoms with E-state index in [4.69, 9.17) is 4.74 Å². The van der Waals surface area contributed by atoms with Crippen LogP contribution in [0.4, 0.5) is 0 Å². The standard InChI is InChI=1S/C18H26BrNO/c1-3-20-16-11-17(13-6-4-12(2)5-7-13)21-18-10-14(19)8-9-15(16)18/h8-10,12-13,16-17,20H,3-7,11H2,1-2H3. The molecule has 3 heteroatoms. The van der Waals surface area contributed by atoms with Crippen molar-refractivity contribution in [1.82, 2.24) is 5.32 Å². The third kappa shape index (κ3) is 3.45. The van der Waals surface area contributed by atoms with Crippen LogP contribution >= 0.6 is 15.9 Å². The molecule has 1 aliphatic carbocycles. The van der Waals surface area contributed by atoms with Crippen LogP contribution < -0.4 is 10.1 Å². The maximum Gasteiger partial charge on any atom is 0.125 e. The van der Waals surface area contributed by atoms with Gasteiger partial charge < -0.3 is 10.1 Å². The lowest BCUT2D eigenvalue weighted by atomic mass is 9.77. The highest BCUT2D eigenvalue weighted by atomic mass is 79.9. The van der Waals surface area contributed by atoms with Gasteiger partial charge in [-0.3, -0.25) is 0 Å². The SMILES string of the molecule is CCNC1CC(C2CCC(C)CC2)Oc2cc(Br)ccc21. The number of hydrogen-bond acceptors (Lipinski definition) is 2. The van der Waals surface area contributed by atoms with Gasteiger partial charge in [-0.15, -0.1) is 0 Å². The lowest BCUT2D eigenvalue weighted by Gasteiger charge is -2.39. The molecule has 0 radical (unpaired) electrons. The molecule has 0 spiro atoms. The molecule has 1 aromatic carbocycles. The molecule has 0 amide bonds. The molecule has 1 heterocycles. The summed E-state index contributed by atoms with van der Waals surface area (Å²) in [5.74, 6) is 2.70. The van der Waals surface area contributed by atoms with Crippen molar-refractivity contribution in [1.29, 1.82) is 0 Å². The molecule has 21 heavy (non-hydrogen) atoms. The third-order valence-electron chi connectivity index (χ3n) is 5.13. The van der Waals surface area contributed by atoms with Crippen LogP contribution in [0.25, 0.3) is 0 Å². The zero-order chi connectivity index (χ0) is 14.8. The molecule has 0 saturated heterocycles. The molecule has 0 bridgehead atoms. The summed E-state index contributed by atoms with van der Waals surface area (Å²) < 4.78 is 7.50. The van der Waals surface area contributed by atoms with Gasteiger partial charge in [-0.1, -0.05) is 48.7 Å². The minimum absolute atomic E-state index is 0.378. The van der Waals surface area contributed by atoms with E-state index < -0.39 is 0 Å². The second-order valence-corrected chi connectivity index (χ2v) is 7.62. The topological polar surface area (TPSA) is 21.3 Å². The van der Waals surface area contributed by atoms with Gasteiger partial charge in [0, 0.05) is 22.5 Å². The normalized spacial score (nSPS) is 32.3. The minimum atomic E-state index is 0.378. The second-order valence-electron chi connectivity index (χ2n) is 6.70. The van der Waals surface area contributed by atoms with Crippen molar-refractivity contribution >= 4 is 15.9 Å². The van der Waals surface area contributed by atoms with E-state index in [0.717, 1.165) is 35.0 Å². The quantitative estimate of drug-likeness (QED) is 0.819. The van der Waals surface area contributed by atoms with Gasteiger partial charge >= 0.3 is 0 Å². The Hall–Kier alpha value is -0.540. The van der Waals surface area contributed by atoms with E-state index in [1.54, 1.807) is 0 Å². The maximum atomic E-state index is 6.39. The lowest BCUT2D eigenvalue weighted by Crippen LogP contribution is -2.38. The molecule has 1 aromatic rings. The largest absolute Gasteiger partial charge is 0.490 e. The van der Waals surface area contributed by atoms with Crippen LogP contribution in [-0.4, -0.2) is 12.6 Å². The van der Waals surface area contributed by atoms with E-state index in [0.29, 0.717) is 12.1 Å². The molecule has 3 rings (SSSR count). The van der Waals surface area contributed by atoms with Gasteiger partial charge in [-0.2, -0.15) is 0 Å². The predicted octanol–water partition coefficient (Wildman–Crippen LogP) is 5.08. The molecule has 1 N–H and O–H groups in total. The molecule has 1 aliphatic heterocycles. The number of benzene rings is 1. The zero-order valence-corrected chi connectivity index (χ0v) is 14.7. The maximum absolute atomic E-state index is 6.39. The molecule has 1 saturated carbocycles. The average molecular weight is 352 g/mol. The fourth-order valence-corrected chi connectivity index (χ4v) is 4.19. The van der Waals surface area contributed by atoms with Crippen LogP contribution in [0.15, 0.2) is 22.7 Å². The molecule has 2 nitrogen and oxygen atoms in total. The number of hydrogen-bond donors (Lipinski definition) is 1. The fourth-order valence-electron chi connectivity index (χ4n) is 3.85. The van der Waals surface area contributed by atoms with E-state index in [1.165, 1.54) is 31.2 Å². The Kier molecular flexibility index (Phi) is 4.90. The first-order chi connectivity index (χ1) is 10.2. The van der Waals surface area contributed by atoms with Crippen molar-refractivity contribution < 1.29 is 4.74 Å². The summed E-state index contributed by atoms with van der Waals surface area (Å²) >= 11 is 3.57. The summed E-state index contributed by atoms with van der Waals surface area (Å²) in [4.78, 5) is 0. The summed E-state index contributed by atoms with van der Waals surface area (Å²) in [6.07, 6.45) is 6.87. The predicted molar refractivity (Wildman–Crippen MR) is 90.7 cm³/mol. The summed E-state index contributed by atoms with van der Waals surface area (Å²) in [7, 11) is 0. The molecule has 2 atom stereocenters. The van der Waals surface area contributed by atoms with Crippen LogP contribution in [0.1, 0.15) is 57.6 Å². The Balaban J connectivity index is 1.79. The first kappa shape index (κ1) is 15.4. The van der Waals surface area contributed by atoms with Crippen molar-refractivity contribution in [3.8, 4) is 5.75 Å². The zero-order valence-electron chi connectivity index (χ0n) is 13.1. The van der Waals surface area contributed by atoms with E-state index in [2.05, 4.69) is 53.3 Å². The van der Waals surface area contributed by atoms with Gasteiger partial charge in [-0.05, 0) is 43.4 Å². The molecule has 116 valence electrons. The Morgan fingerprint density at radius 2 is 2.00 bits per heavy atom. The Bertz CT molecular complexity index is 482. The molecule has 1 fully saturated rings. The van der Waals surface area contributed by atoms with Crippen LogP contribution in [-0.2, 0) is 0 Å². The van der Waals surface area contributed by atoms with Gasteiger partial charge in [0.1, 0.15) is 11.9 Å². The van der Waals surface area contributed by atoms with E-state index in [1.807, 2.05) is 0 Å². The molecule has 0 aromatic heterocycles. The van der Waals surface area contributed by atoms with Crippen molar-refractivity contribution in [3.05, 3.63) is 28.2 Å². The van der Waals surface area contributed by atoms with Gasteiger partial charge in [0.25, 0.3) is 0 Å². The van der Waals surface area contributed by atoms with Gasteiger partial charge in [0.2, 0.25) is 0 Å². The van der Waals surface area contributed by atoms with Gasteiger partial charge in [-0.25, -0.2) is 0 Å². The Labute approximate surface area is 136 Å². The van der Waals surface area contributed by atoms with E-state index in [-0.39, 0.29) is 0 Å². The number of fused-ring (bicyclic) bond motifs is 1. The van der Waals surface area contributed by atoms with Crippen LogP contribution in [0.5, 0.6) is 5.75 Å². The number of rotatable bonds is 3. The number of halogens is 1. The summed E-state index contributed by atoms with van der Waals surface area (Å²) in [5, 5.41) is 3.64. The van der Waals surface area contributed by atoms with Crippen molar-refractivity contribution in [3.63, 3.8) is 0 Å². The second kappa shape index (κ2) is 6.70. The summed E-state index contributed by atoms with van der Waals surface area (Å²) in [5.41, 5.74) is 1.32. The van der Waals surface area contributed by atoms with Crippen molar-refractivity contribution in [2.24, 2.45) is 11.8 Å². The minimum Gasteiger partial charge on any atom is -0.490 e. The van der Waals surface area contributed by atoms with E-state index in [9.17, 15) is 0 Å². The number of nitrogens with one attached hydrogen (secondary N) is 1. The smallest absolute Gasteiger partial charge is 0.125 e. The lowest BCUT2D eigenvalue weighted by molar-refractivity contribution is 0.0654. The molecule has 2 aliphatic rings. The molecular formula is C18H26BrNO. The third-order valence-corrected chi connectivity index (χ3v) is 5.63. The van der Waals surface area contributed by atoms with E-state index >= 15 is 0 Å². The fraction of sp³-hybridized carbons (Fsp3) is 0.667. The number of ether oxygens (including phenoxy) is 1. The average Bonchev–Trinajstić information content (AvgIpc) is 2.47. The first-order valence-corrected chi connectivity index (χ1v) is 9.16. The summed E-state index contributed by atoms with van der Waals surface area (Å²) in [6, 6.07) is 6.90. The molecule has 2 unspecified atom stereocenters. The van der Waals surface area contributed by atoms with Crippen LogP contribution in [0.2, 0.25) is 0 Å². The van der Waals surface area contributed by atoms with Gasteiger partial charge in [0.15, 0.2) is 0 Å². The van der Waals surface area contributed by atoms with Crippen molar-refractivity contribution in [2.75, 3.05) is 6.54 Å². The highest BCUT2D eigenvalue weighted by Crippen LogP contribution is 2.42. The van der Waals surface area contributed by atoms with Crippen LogP contribution in [0.3, 0.4) is 0 Å². The Morgan fingerprint density at radius 1 is 1.24 bits per heavy atom. The summed E-state index contributed by atoms with van der Waals surface area (Å²) in [6.45, 7) is 5.58. The Morgan fingerprint density at radius 3 is 2.71 bits per heavy atom. The van der Waals surface area contributed by atoms with Crippen LogP contribution in [0, 0.1) is 11.8 Å². The monoisotopic (exact) mass is 351 g/mol. The first-order valence-electron chi connectivity index (χ1n) is 8.37. The highest BCUT2D eigenvalue weighted by molar-refractivity contribution is 9.10.